The van der Waals surface area contributed by atoms with Crippen LogP contribution in [-0.4, -0.2) is 33.5 Å². The molecule has 0 fully saturated rings. The zero-order valence-electron chi connectivity index (χ0n) is 16.9. The minimum absolute atomic E-state index is 0.00934. The molecule has 29 heavy (non-hydrogen) atoms. The maximum absolute atomic E-state index is 12.5. The monoisotopic (exact) mass is 420 g/mol. The first-order valence-electron chi connectivity index (χ1n) is 8.74. The van der Waals surface area contributed by atoms with Crippen molar-refractivity contribution in [2.24, 2.45) is 5.14 Å². The maximum Gasteiger partial charge on any atom is 0.338 e. The van der Waals surface area contributed by atoms with Crippen LogP contribution in [0.3, 0.4) is 0 Å². The van der Waals surface area contributed by atoms with Crippen LogP contribution in [0.2, 0.25) is 0 Å². The van der Waals surface area contributed by atoms with E-state index in [-0.39, 0.29) is 10.5 Å². The second-order valence-electron chi connectivity index (χ2n) is 6.70. The quantitative estimate of drug-likeness (QED) is 0.692. The Bertz CT molecular complexity index is 1060. The number of amides is 1. The van der Waals surface area contributed by atoms with Gasteiger partial charge in [-0.2, -0.15) is 0 Å². The zero-order valence-corrected chi connectivity index (χ0v) is 17.7. The third kappa shape index (κ3) is 5.33. The molecule has 0 aliphatic heterocycles. The van der Waals surface area contributed by atoms with E-state index >= 15 is 0 Å². The van der Waals surface area contributed by atoms with Crippen LogP contribution in [0.4, 0.5) is 5.69 Å². The molecular formula is C20H24N2O6S. The Morgan fingerprint density at radius 3 is 2.34 bits per heavy atom. The van der Waals surface area contributed by atoms with Gasteiger partial charge in [-0.05, 0) is 68.7 Å². The number of carbonyl (C=O) groups is 2. The van der Waals surface area contributed by atoms with Crippen molar-refractivity contribution in [1.29, 1.82) is 0 Å². The average molecular weight is 420 g/mol. The molecule has 0 bridgehead atoms. The van der Waals surface area contributed by atoms with E-state index in [2.05, 4.69) is 5.32 Å². The van der Waals surface area contributed by atoms with Gasteiger partial charge in [0, 0.05) is 0 Å². The van der Waals surface area contributed by atoms with Gasteiger partial charge in [-0.15, -0.1) is 0 Å². The number of esters is 1. The first-order chi connectivity index (χ1) is 13.4. The van der Waals surface area contributed by atoms with Crippen molar-refractivity contribution in [3.8, 4) is 5.75 Å². The first kappa shape index (κ1) is 22.4. The second-order valence-corrected chi connectivity index (χ2v) is 8.23. The van der Waals surface area contributed by atoms with E-state index in [9.17, 15) is 18.0 Å². The normalized spacial score (nSPS) is 12.2. The van der Waals surface area contributed by atoms with Gasteiger partial charge in [-0.3, -0.25) is 4.79 Å². The molecule has 1 amide bonds. The van der Waals surface area contributed by atoms with E-state index in [0.29, 0.717) is 22.6 Å². The highest BCUT2D eigenvalue weighted by atomic mass is 32.2. The third-order valence-electron chi connectivity index (χ3n) is 4.43. The number of rotatable bonds is 6. The molecule has 1 unspecified atom stereocenters. The largest absolute Gasteiger partial charge is 0.495 e. The Labute approximate surface area is 170 Å². The van der Waals surface area contributed by atoms with Gasteiger partial charge in [-0.25, -0.2) is 18.4 Å². The summed E-state index contributed by atoms with van der Waals surface area (Å²) in [6.07, 6.45) is -1.13. The van der Waals surface area contributed by atoms with Gasteiger partial charge in [-0.1, -0.05) is 6.07 Å². The lowest BCUT2D eigenvalue weighted by molar-refractivity contribution is -0.123. The molecule has 0 spiro atoms. The van der Waals surface area contributed by atoms with Crippen molar-refractivity contribution in [2.45, 2.75) is 38.7 Å². The van der Waals surface area contributed by atoms with Crippen LogP contribution in [0, 0.1) is 20.8 Å². The third-order valence-corrected chi connectivity index (χ3v) is 5.46. The van der Waals surface area contributed by atoms with Crippen LogP contribution in [0.1, 0.15) is 34.0 Å². The van der Waals surface area contributed by atoms with E-state index in [0.717, 1.165) is 11.6 Å². The number of nitrogens with two attached hydrogens (primary N) is 1. The summed E-state index contributed by atoms with van der Waals surface area (Å²) in [5, 5.41) is 7.87. The summed E-state index contributed by atoms with van der Waals surface area (Å²) in [5.41, 5.74) is 2.36. The van der Waals surface area contributed by atoms with Crippen LogP contribution >= 0.6 is 0 Å². The Morgan fingerprint density at radius 1 is 1.10 bits per heavy atom. The number of anilines is 1. The molecule has 0 saturated carbocycles. The van der Waals surface area contributed by atoms with Gasteiger partial charge in [0.25, 0.3) is 5.91 Å². The Balaban J connectivity index is 2.20. The van der Waals surface area contributed by atoms with E-state index in [1.165, 1.54) is 20.1 Å². The van der Waals surface area contributed by atoms with Crippen molar-refractivity contribution in [1.82, 2.24) is 0 Å². The van der Waals surface area contributed by atoms with Gasteiger partial charge in [0.15, 0.2) is 6.10 Å². The van der Waals surface area contributed by atoms with Gasteiger partial charge in [0.05, 0.1) is 23.3 Å². The number of sulfonamides is 1. The van der Waals surface area contributed by atoms with E-state index in [1.807, 2.05) is 13.0 Å². The molecule has 9 heteroatoms. The molecule has 156 valence electrons. The summed E-state index contributed by atoms with van der Waals surface area (Å²) in [6, 6.07) is 7.91. The van der Waals surface area contributed by atoms with Gasteiger partial charge in [0.1, 0.15) is 5.75 Å². The smallest absolute Gasteiger partial charge is 0.338 e. The number of primary sulfonamides is 1. The molecular weight excluding hydrogens is 396 g/mol. The summed E-state index contributed by atoms with van der Waals surface area (Å²) < 4.78 is 33.9. The predicted octanol–water partition coefficient (Wildman–Crippen LogP) is 2.45. The fraction of sp³-hybridized carbons (Fsp3) is 0.300. The summed E-state index contributed by atoms with van der Waals surface area (Å²) in [4.78, 5) is 24.8. The molecule has 0 heterocycles. The Kier molecular flexibility index (Phi) is 6.66. The fourth-order valence-electron chi connectivity index (χ4n) is 2.68. The average Bonchev–Trinajstić information content (AvgIpc) is 2.62. The van der Waals surface area contributed by atoms with Gasteiger partial charge in [0.2, 0.25) is 10.0 Å². The fourth-order valence-corrected chi connectivity index (χ4v) is 3.56. The molecule has 0 aromatic heterocycles. The van der Waals surface area contributed by atoms with Crippen LogP contribution in [0.5, 0.6) is 5.75 Å². The molecule has 8 nitrogen and oxygen atoms in total. The number of carbonyl (C=O) groups excluding carboxylic acids is 2. The van der Waals surface area contributed by atoms with E-state index < -0.39 is 28.0 Å². The molecule has 0 saturated heterocycles. The number of hydrogen-bond acceptors (Lipinski definition) is 6. The van der Waals surface area contributed by atoms with Gasteiger partial charge < -0.3 is 14.8 Å². The SMILES string of the molecule is COc1ccc(C)cc1NC(=O)C(C)OC(=O)c1cc(C)c(C)c(S(N)(=O)=O)c1. The predicted molar refractivity (Wildman–Crippen MR) is 109 cm³/mol. The minimum Gasteiger partial charge on any atom is -0.495 e. The molecule has 0 radical (unpaired) electrons. The molecule has 0 aliphatic carbocycles. The number of nitrogens with one attached hydrogen (secondary N) is 1. The van der Waals surface area contributed by atoms with Crippen molar-refractivity contribution < 1.29 is 27.5 Å². The highest BCUT2D eigenvalue weighted by Gasteiger charge is 2.23. The minimum atomic E-state index is -4.01. The standard InChI is InChI=1S/C20H24N2O6S/c1-11-6-7-17(27-5)16(8-11)22-19(23)14(4)28-20(24)15-9-12(2)13(3)18(10-15)29(21,25)26/h6-10,14H,1-5H3,(H,22,23)(H2,21,25,26). The topological polar surface area (TPSA) is 125 Å². The number of ether oxygens (including phenoxy) is 2. The first-order valence-corrected chi connectivity index (χ1v) is 10.3. The van der Waals surface area contributed by atoms with Crippen molar-refractivity contribution >= 4 is 27.6 Å². The molecule has 3 N–H and O–H groups in total. The summed E-state index contributed by atoms with van der Waals surface area (Å²) in [6.45, 7) is 6.52. The number of benzene rings is 2. The van der Waals surface area contributed by atoms with Crippen molar-refractivity contribution in [2.75, 3.05) is 12.4 Å². The number of hydrogen-bond donors (Lipinski definition) is 2. The number of methoxy groups -OCH3 is 1. The summed E-state index contributed by atoms with van der Waals surface area (Å²) in [7, 11) is -2.53. The summed E-state index contributed by atoms with van der Waals surface area (Å²) >= 11 is 0. The van der Waals surface area contributed by atoms with Crippen LogP contribution in [0.25, 0.3) is 0 Å². The zero-order chi connectivity index (χ0) is 21.9. The lowest BCUT2D eigenvalue weighted by Crippen LogP contribution is -2.30. The lowest BCUT2D eigenvalue weighted by Gasteiger charge is -2.16. The Hall–Kier alpha value is -2.91. The molecule has 2 aromatic carbocycles. The lowest BCUT2D eigenvalue weighted by atomic mass is 10.1. The van der Waals surface area contributed by atoms with Gasteiger partial charge >= 0.3 is 5.97 Å². The van der Waals surface area contributed by atoms with Crippen LogP contribution in [-0.2, 0) is 19.6 Å². The maximum atomic E-state index is 12.5. The van der Waals surface area contributed by atoms with Crippen molar-refractivity contribution in [3.05, 3.63) is 52.6 Å². The molecule has 2 aromatic rings. The Morgan fingerprint density at radius 2 is 1.76 bits per heavy atom. The molecule has 2 rings (SSSR count). The molecule has 0 aliphatic rings. The highest BCUT2D eigenvalue weighted by molar-refractivity contribution is 7.89. The van der Waals surface area contributed by atoms with Crippen molar-refractivity contribution in [3.63, 3.8) is 0 Å². The summed E-state index contributed by atoms with van der Waals surface area (Å²) in [5.74, 6) is -0.927. The highest BCUT2D eigenvalue weighted by Crippen LogP contribution is 2.26. The van der Waals surface area contributed by atoms with Crippen LogP contribution < -0.4 is 15.2 Å². The second kappa shape index (κ2) is 8.62. The van der Waals surface area contributed by atoms with Crippen LogP contribution in [0.15, 0.2) is 35.2 Å². The van der Waals surface area contributed by atoms with E-state index in [4.69, 9.17) is 14.6 Å². The van der Waals surface area contributed by atoms with E-state index in [1.54, 1.807) is 26.0 Å². The number of aryl methyl sites for hydroxylation is 2. The molecule has 1 atom stereocenters.